The first-order valence-corrected chi connectivity index (χ1v) is 4.66. The van der Waals surface area contributed by atoms with Gasteiger partial charge in [-0.25, -0.2) is 4.39 Å². The fourth-order valence-electron chi connectivity index (χ4n) is 1.50. The highest BCUT2D eigenvalue weighted by molar-refractivity contribution is 5.29. The van der Waals surface area contributed by atoms with Gasteiger partial charge in [-0.2, -0.15) is 0 Å². The summed E-state index contributed by atoms with van der Waals surface area (Å²) < 4.78 is 18.5. The van der Waals surface area contributed by atoms with Crippen molar-refractivity contribution < 1.29 is 13.9 Å². The van der Waals surface area contributed by atoms with Crippen molar-refractivity contribution in [1.29, 1.82) is 0 Å². The van der Waals surface area contributed by atoms with Crippen LogP contribution >= 0.6 is 0 Å². The van der Waals surface area contributed by atoms with Crippen molar-refractivity contribution in [2.24, 2.45) is 0 Å². The minimum Gasteiger partial charge on any atom is -0.466 e. The minimum absolute atomic E-state index is 0.232. The van der Waals surface area contributed by atoms with E-state index in [1.54, 1.807) is 24.3 Å². The van der Waals surface area contributed by atoms with Gasteiger partial charge in [0.15, 0.2) is 0 Å². The van der Waals surface area contributed by atoms with E-state index in [0.717, 1.165) is 5.56 Å². The predicted molar refractivity (Wildman–Crippen MR) is 53.9 cm³/mol. The SMILES string of the molecule is Cc1ccoc1C(O)c1ccccc1F. The van der Waals surface area contributed by atoms with Gasteiger partial charge in [0.25, 0.3) is 0 Å². The Kier molecular flexibility index (Phi) is 2.56. The maximum Gasteiger partial charge on any atom is 0.140 e. The molecule has 0 bridgehead atoms. The first-order chi connectivity index (χ1) is 7.20. The zero-order valence-electron chi connectivity index (χ0n) is 8.27. The molecule has 0 saturated carbocycles. The van der Waals surface area contributed by atoms with Gasteiger partial charge in [0.1, 0.15) is 17.7 Å². The maximum atomic E-state index is 13.4. The summed E-state index contributed by atoms with van der Waals surface area (Å²) in [7, 11) is 0. The fourth-order valence-corrected chi connectivity index (χ4v) is 1.50. The molecule has 15 heavy (non-hydrogen) atoms. The monoisotopic (exact) mass is 206 g/mol. The second-order valence-corrected chi connectivity index (χ2v) is 3.39. The van der Waals surface area contributed by atoms with Gasteiger partial charge >= 0.3 is 0 Å². The largest absolute Gasteiger partial charge is 0.466 e. The molecule has 78 valence electrons. The number of hydrogen-bond acceptors (Lipinski definition) is 2. The molecule has 0 spiro atoms. The van der Waals surface area contributed by atoms with Crippen molar-refractivity contribution >= 4 is 0 Å². The normalized spacial score (nSPS) is 12.7. The lowest BCUT2D eigenvalue weighted by Crippen LogP contribution is -2.02. The molecule has 1 aromatic carbocycles. The van der Waals surface area contributed by atoms with Crippen LogP contribution in [0.4, 0.5) is 4.39 Å². The molecule has 2 aromatic rings. The van der Waals surface area contributed by atoms with E-state index in [9.17, 15) is 9.50 Å². The molecule has 1 N–H and O–H groups in total. The van der Waals surface area contributed by atoms with Crippen LogP contribution < -0.4 is 0 Å². The summed E-state index contributed by atoms with van der Waals surface area (Å²) in [5, 5.41) is 9.91. The number of rotatable bonds is 2. The van der Waals surface area contributed by atoms with E-state index >= 15 is 0 Å². The molecule has 1 aromatic heterocycles. The molecule has 2 nitrogen and oxygen atoms in total. The lowest BCUT2D eigenvalue weighted by Gasteiger charge is -2.09. The molecule has 1 atom stereocenters. The van der Waals surface area contributed by atoms with Crippen LogP contribution in [0.3, 0.4) is 0 Å². The van der Waals surface area contributed by atoms with Gasteiger partial charge in [0, 0.05) is 5.56 Å². The summed E-state index contributed by atoms with van der Waals surface area (Å²) in [6.07, 6.45) is 0.440. The van der Waals surface area contributed by atoms with E-state index in [1.165, 1.54) is 12.3 Å². The Hall–Kier alpha value is -1.61. The van der Waals surface area contributed by atoms with Crippen LogP contribution in [0.15, 0.2) is 41.0 Å². The van der Waals surface area contributed by atoms with Gasteiger partial charge in [0.05, 0.1) is 6.26 Å². The van der Waals surface area contributed by atoms with Gasteiger partial charge < -0.3 is 9.52 Å². The van der Waals surface area contributed by atoms with Crippen molar-refractivity contribution in [3.63, 3.8) is 0 Å². The summed E-state index contributed by atoms with van der Waals surface area (Å²) in [6, 6.07) is 7.86. The molecule has 0 saturated heterocycles. The van der Waals surface area contributed by atoms with Gasteiger partial charge in [-0.1, -0.05) is 18.2 Å². The van der Waals surface area contributed by atoms with E-state index in [-0.39, 0.29) is 5.56 Å². The molecule has 0 aliphatic heterocycles. The Labute approximate surface area is 87.0 Å². The zero-order valence-corrected chi connectivity index (χ0v) is 8.27. The van der Waals surface area contributed by atoms with E-state index in [2.05, 4.69) is 0 Å². The average Bonchev–Trinajstić information content (AvgIpc) is 2.64. The number of aryl methyl sites for hydroxylation is 1. The van der Waals surface area contributed by atoms with Crippen molar-refractivity contribution in [3.8, 4) is 0 Å². The molecular weight excluding hydrogens is 195 g/mol. The summed E-state index contributed by atoms with van der Waals surface area (Å²) in [4.78, 5) is 0. The Bertz CT molecular complexity index is 462. The third kappa shape index (κ3) is 1.78. The number of furan rings is 1. The Morgan fingerprint density at radius 3 is 2.60 bits per heavy atom. The minimum atomic E-state index is -1.04. The van der Waals surface area contributed by atoms with Crippen LogP contribution in [0, 0.1) is 12.7 Å². The van der Waals surface area contributed by atoms with Gasteiger partial charge in [-0.3, -0.25) is 0 Å². The smallest absolute Gasteiger partial charge is 0.140 e. The highest BCUT2D eigenvalue weighted by atomic mass is 19.1. The van der Waals surface area contributed by atoms with Gasteiger partial charge in [-0.15, -0.1) is 0 Å². The van der Waals surface area contributed by atoms with Crippen LogP contribution in [-0.4, -0.2) is 5.11 Å². The van der Waals surface area contributed by atoms with Crippen LogP contribution in [0.5, 0.6) is 0 Å². The summed E-state index contributed by atoms with van der Waals surface area (Å²) in [5.74, 6) is -0.0408. The highest BCUT2D eigenvalue weighted by Gasteiger charge is 2.18. The van der Waals surface area contributed by atoms with E-state index in [4.69, 9.17) is 4.42 Å². The van der Waals surface area contributed by atoms with Crippen molar-refractivity contribution in [3.05, 3.63) is 59.3 Å². The third-order valence-corrected chi connectivity index (χ3v) is 2.35. The van der Waals surface area contributed by atoms with Crippen LogP contribution in [-0.2, 0) is 0 Å². The molecule has 3 heteroatoms. The predicted octanol–water partition coefficient (Wildman–Crippen LogP) is 2.81. The standard InChI is InChI=1S/C12H11FO2/c1-8-6-7-15-12(8)11(14)9-4-2-3-5-10(9)13/h2-7,11,14H,1H3. The van der Waals surface area contributed by atoms with E-state index < -0.39 is 11.9 Å². The van der Waals surface area contributed by atoms with Crippen molar-refractivity contribution in [2.45, 2.75) is 13.0 Å². The topological polar surface area (TPSA) is 33.4 Å². The second-order valence-electron chi connectivity index (χ2n) is 3.39. The molecule has 0 amide bonds. The maximum absolute atomic E-state index is 13.4. The first-order valence-electron chi connectivity index (χ1n) is 4.66. The number of hydrogen-bond donors (Lipinski definition) is 1. The molecule has 0 radical (unpaired) electrons. The van der Waals surface area contributed by atoms with E-state index in [1.807, 2.05) is 6.92 Å². The third-order valence-electron chi connectivity index (χ3n) is 2.35. The Morgan fingerprint density at radius 1 is 1.27 bits per heavy atom. The fraction of sp³-hybridized carbons (Fsp3) is 0.167. The number of benzene rings is 1. The molecule has 0 fully saturated rings. The molecule has 2 rings (SSSR count). The summed E-state index contributed by atoms with van der Waals surface area (Å²) in [5.41, 5.74) is 1.04. The molecule has 0 aliphatic rings. The van der Waals surface area contributed by atoms with Gasteiger partial charge in [-0.05, 0) is 24.6 Å². The van der Waals surface area contributed by atoms with Crippen molar-refractivity contribution in [1.82, 2.24) is 0 Å². The summed E-state index contributed by atoms with van der Waals surface area (Å²) >= 11 is 0. The molecule has 1 heterocycles. The van der Waals surface area contributed by atoms with Crippen LogP contribution in [0.25, 0.3) is 0 Å². The van der Waals surface area contributed by atoms with Crippen LogP contribution in [0.2, 0.25) is 0 Å². The second kappa shape index (κ2) is 3.87. The first kappa shape index (κ1) is 9.93. The Balaban J connectivity index is 2.41. The number of aliphatic hydroxyl groups is 1. The number of aliphatic hydroxyl groups excluding tert-OH is 1. The molecular formula is C12H11FO2. The highest BCUT2D eigenvalue weighted by Crippen LogP contribution is 2.26. The number of halogens is 1. The molecule has 0 aliphatic carbocycles. The molecule has 1 unspecified atom stereocenters. The lowest BCUT2D eigenvalue weighted by atomic mass is 10.0. The van der Waals surface area contributed by atoms with Crippen molar-refractivity contribution in [2.75, 3.05) is 0 Å². The van der Waals surface area contributed by atoms with E-state index in [0.29, 0.717) is 5.76 Å². The average molecular weight is 206 g/mol. The quantitative estimate of drug-likeness (QED) is 0.819. The van der Waals surface area contributed by atoms with Crippen LogP contribution in [0.1, 0.15) is 23.0 Å². The summed E-state index contributed by atoms with van der Waals surface area (Å²) in [6.45, 7) is 1.81. The zero-order chi connectivity index (χ0) is 10.8. The lowest BCUT2D eigenvalue weighted by molar-refractivity contribution is 0.183. The van der Waals surface area contributed by atoms with Gasteiger partial charge in [0.2, 0.25) is 0 Å². The Morgan fingerprint density at radius 2 is 2.00 bits per heavy atom.